The van der Waals surface area contributed by atoms with Crippen molar-refractivity contribution in [1.82, 2.24) is 9.88 Å². The molecule has 3 N–H and O–H groups in total. The van der Waals surface area contributed by atoms with E-state index in [-0.39, 0.29) is 11.5 Å². The van der Waals surface area contributed by atoms with Crippen LogP contribution in [-0.2, 0) is 0 Å². The van der Waals surface area contributed by atoms with E-state index in [9.17, 15) is 5.11 Å². The number of aliphatic hydroxyl groups excluding tert-OH is 1. The highest BCUT2D eigenvalue weighted by atomic mass is 16.5. The summed E-state index contributed by atoms with van der Waals surface area (Å²) in [5.41, 5.74) is 1.85. The van der Waals surface area contributed by atoms with Gasteiger partial charge in [-0.05, 0) is 61.1 Å². The van der Waals surface area contributed by atoms with Crippen molar-refractivity contribution in [2.75, 3.05) is 20.2 Å². The van der Waals surface area contributed by atoms with E-state index in [2.05, 4.69) is 22.5 Å². The van der Waals surface area contributed by atoms with Gasteiger partial charge in [0.25, 0.3) is 0 Å². The average molecular weight is 342 g/mol. The molecule has 3 saturated heterocycles. The average Bonchev–Trinajstić information content (AvgIpc) is 2.66. The molecule has 3 fully saturated rings. The normalized spacial score (nSPS) is 29.0. The Balaban J connectivity index is 0.00000182. The number of pyridine rings is 1. The highest BCUT2D eigenvalue weighted by Gasteiger charge is 2.42. The second-order valence-electron chi connectivity index (χ2n) is 6.97. The first-order valence-corrected chi connectivity index (χ1v) is 8.68. The molecule has 5 heteroatoms. The largest absolute Gasteiger partial charge is 0.497 e. The summed E-state index contributed by atoms with van der Waals surface area (Å²) >= 11 is 0. The monoisotopic (exact) mass is 342 g/mol. The van der Waals surface area contributed by atoms with E-state index in [0.29, 0.717) is 11.8 Å². The molecule has 1 aromatic carbocycles. The zero-order chi connectivity index (χ0) is 16.7. The Morgan fingerprint density at radius 1 is 1.40 bits per heavy atom. The molecule has 5 rings (SSSR count). The summed E-state index contributed by atoms with van der Waals surface area (Å²) in [5, 5.41) is 12.1. The van der Waals surface area contributed by atoms with Crippen molar-refractivity contribution in [2.24, 2.45) is 11.8 Å². The van der Waals surface area contributed by atoms with Crippen LogP contribution in [0.2, 0.25) is 0 Å². The van der Waals surface area contributed by atoms with Gasteiger partial charge in [-0.3, -0.25) is 9.88 Å². The fourth-order valence-electron chi connectivity index (χ4n) is 4.44. The number of ether oxygens (including phenoxy) is 1. The lowest BCUT2D eigenvalue weighted by Crippen LogP contribution is -2.54. The van der Waals surface area contributed by atoms with Crippen molar-refractivity contribution in [3.63, 3.8) is 0 Å². The molecule has 0 amide bonds. The van der Waals surface area contributed by atoms with E-state index in [1.807, 2.05) is 24.3 Å². The molecule has 2 bridgehead atoms. The van der Waals surface area contributed by atoms with Crippen LogP contribution >= 0.6 is 0 Å². The summed E-state index contributed by atoms with van der Waals surface area (Å²) in [4.78, 5) is 6.86. The van der Waals surface area contributed by atoms with Gasteiger partial charge in [-0.25, -0.2) is 0 Å². The third-order valence-corrected chi connectivity index (χ3v) is 5.82. The minimum atomic E-state index is -0.504. The Kier molecular flexibility index (Phi) is 5.08. The molecule has 2 aromatic rings. The van der Waals surface area contributed by atoms with Gasteiger partial charge in [-0.1, -0.05) is 6.08 Å². The zero-order valence-corrected chi connectivity index (χ0v) is 14.6. The minimum Gasteiger partial charge on any atom is -0.497 e. The smallest absolute Gasteiger partial charge is 0.119 e. The Labute approximate surface area is 148 Å². The number of aromatic nitrogens is 1. The van der Waals surface area contributed by atoms with Gasteiger partial charge in [-0.2, -0.15) is 0 Å². The van der Waals surface area contributed by atoms with Gasteiger partial charge in [-0.15, -0.1) is 6.58 Å². The van der Waals surface area contributed by atoms with E-state index in [4.69, 9.17) is 4.74 Å². The van der Waals surface area contributed by atoms with Gasteiger partial charge in [0.05, 0.1) is 18.7 Å². The summed E-state index contributed by atoms with van der Waals surface area (Å²) in [7, 11) is 1.66. The van der Waals surface area contributed by atoms with Crippen molar-refractivity contribution >= 4 is 10.9 Å². The van der Waals surface area contributed by atoms with Crippen LogP contribution in [0.5, 0.6) is 5.75 Å². The summed E-state index contributed by atoms with van der Waals surface area (Å²) in [6.45, 7) is 6.07. The fraction of sp³-hybridized carbons (Fsp3) is 0.450. The third-order valence-electron chi connectivity index (χ3n) is 5.82. The predicted molar refractivity (Wildman–Crippen MR) is 98.6 cm³/mol. The van der Waals surface area contributed by atoms with Crippen molar-refractivity contribution in [1.29, 1.82) is 0 Å². The number of methoxy groups -OCH3 is 1. The fourth-order valence-corrected chi connectivity index (χ4v) is 4.44. The van der Waals surface area contributed by atoms with E-state index in [1.54, 1.807) is 13.3 Å². The number of benzene rings is 1. The lowest BCUT2D eigenvalue weighted by atomic mass is 9.73. The molecule has 0 radical (unpaired) electrons. The second kappa shape index (κ2) is 7.12. The van der Waals surface area contributed by atoms with Crippen LogP contribution in [0.3, 0.4) is 0 Å². The van der Waals surface area contributed by atoms with Gasteiger partial charge >= 0.3 is 0 Å². The molecular weight excluding hydrogens is 316 g/mol. The first kappa shape index (κ1) is 17.9. The maximum Gasteiger partial charge on any atom is 0.119 e. The maximum atomic E-state index is 11.2. The first-order valence-electron chi connectivity index (χ1n) is 8.68. The van der Waals surface area contributed by atoms with Crippen molar-refractivity contribution in [3.8, 4) is 5.75 Å². The molecule has 4 heterocycles. The molecule has 5 nitrogen and oxygen atoms in total. The van der Waals surface area contributed by atoms with Crippen LogP contribution in [0.4, 0.5) is 0 Å². The van der Waals surface area contributed by atoms with E-state index < -0.39 is 6.10 Å². The molecule has 134 valence electrons. The summed E-state index contributed by atoms with van der Waals surface area (Å²) in [6.07, 6.45) is 5.62. The number of fused-ring (bicyclic) bond motifs is 4. The summed E-state index contributed by atoms with van der Waals surface area (Å²) in [6, 6.07) is 7.96. The van der Waals surface area contributed by atoms with E-state index in [0.717, 1.165) is 41.7 Å². The molecule has 3 aliphatic heterocycles. The topological polar surface area (TPSA) is 77.1 Å². The van der Waals surface area contributed by atoms with Crippen molar-refractivity contribution in [2.45, 2.75) is 25.0 Å². The SMILES string of the molecule is C=C[C@@H]1CN2CCC1C[C@H]2C(O)c1ccnc2ccc(OC)cc12.O. The Morgan fingerprint density at radius 3 is 2.92 bits per heavy atom. The lowest BCUT2D eigenvalue weighted by Gasteiger charge is -2.50. The molecular formula is C20H26N2O3. The highest BCUT2D eigenvalue weighted by molar-refractivity contribution is 5.83. The van der Waals surface area contributed by atoms with Crippen LogP contribution in [0.1, 0.15) is 24.5 Å². The summed E-state index contributed by atoms with van der Waals surface area (Å²) in [5.74, 6) is 2.01. The van der Waals surface area contributed by atoms with E-state index >= 15 is 0 Å². The van der Waals surface area contributed by atoms with Gasteiger partial charge in [0.15, 0.2) is 0 Å². The molecule has 0 spiro atoms. The molecule has 3 unspecified atom stereocenters. The Bertz CT molecular complexity index is 764. The Morgan fingerprint density at radius 2 is 2.24 bits per heavy atom. The van der Waals surface area contributed by atoms with Crippen molar-refractivity contribution in [3.05, 3.63) is 48.7 Å². The first-order chi connectivity index (χ1) is 11.7. The van der Waals surface area contributed by atoms with Crippen LogP contribution in [0.25, 0.3) is 10.9 Å². The molecule has 0 aliphatic carbocycles. The van der Waals surface area contributed by atoms with Crippen LogP contribution < -0.4 is 4.74 Å². The number of hydrogen-bond donors (Lipinski definition) is 1. The zero-order valence-electron chi connectivity index (χ0n) is 14.6. The number of nitrogens with zero attached hydrogens (tertiary/aromatic N) is 2. The standard InChI is InChI=1S/C20H24N2O2.H2O/c1-3-13-12-22-9-7-14(13)10-19(22)20(23)16-6-8-21-18-5-4-15(24-2)11-17(16)18;/h3-6,8,11,13-14,19-20,23H,1,7,9-10,12H2,2H3;1H2/t13-,14?,19+,20?;/m1./s1. The molecule has 0 saturated carbocycles. The van der Waals surface area contributed by atoms with Crippen LogP contribution in [-0.4, -0.2) is 46.7 Å². The maximum absolute atomic E-state index is 11.2. The van der Waals surface area contributed by atoms with Gasteiger partial charge in [0.1, 0.15) is 5.75 Å². The molecule has 25 heavy (non-hydrogen) atoms. The third kappa shape index (κ3) is 3.03. The van der Waals surface area contributed by atoms with Crippen LogP contribution in [0, 0.1) is 11.8 Å². The lowest BCUT2D eigenvalue weighted by molar-refractivity contribution is -0.0444. The molecule has 3 aliphatic rings. The predicted octanol–water partition coefficient (Wildman–Crippen LogP) is 2.35. The van der Waals surface area contributed by atoms with Crippen molar-refractivity contribution < 1.29 is 15.3 Å². The molecule has 1 aromatic heterocycles. The molecule has 5 atom stereocenters. The van der Waals surface area contributed by atoms with E-state index in [1.165, 1.54) is 6.42 Å². The van der Waals surface area contributed by atoms with Crippen LogP contribution in [0.15, 0.2) is 43.1 Å². The van der Waals surface area contributed by atoms with Gasteiger partial charge in [0, 0.05) is 24.2 Å². The minimum absolute atomic E-state index is 0. The summed E-state index contributed by atoms with van der Waals surface area (Å²) < 4.78 is 5.35. The number of rotatable bonds is 4. The second-order valence-corrected chi connectivity index (χ2v) is 6.97. The quantitative estimate of drug-likeness (QED) is 0.865. The number of piperidine rings is 3. The number of aliphatic hydroxyl groups is 1. The number of hydrogen-bond acceptors (Lipinski definition) is 4. The highest BCUT2D eigenvalue weighted by Crippen LogP contribution is 2.42. The Hall–Kier alpha value is -1.95. The van der Waals surface area contributed by atoms with Gasteiger partial charge < -0.3 is 15.3 Å². The van der Waals surface area contributed by atoms with Gasteiger partial charge in [0.2, 0.25) is 0 Å².